The minimum absolute atomic E-state index is 0.182. The molecule has 1 rings (SSSR count). The van der Waals surface area contributed by atoms with E-state index in [-0.39, 0.29) is 5.84 Å². The van der Waals surface area contributed by atoms with Gasteiger partial charge in [-0.15, -0.1) is 0 Å². The second-order valence-electron chi connectivity index (χ2n) is 3.00. The van der Waals surface area contributed by atoms with Gasteiger partial charge in [0.25, 0.3) is 0 Å². The van der Waals surface area contributed by atoms with Gasteiger partial charge in [-0.05, 0) is 25.1 Å². The van der Waals surface area contributed by atoms with Crippen LogP contribution in [0.3, 0.4) is 0 Å². The zero-order valence-corrected chi connectivity index (χ0v) is 10.5. The highest BCUT2D eigenvalue weighted by Gasteiger charge is 2.08. The van der Waals surface area contributed by atoms with Gasteiger partial charge in [-0.25, -0.2) is 4.79 Å². The van der Waals surface area contributed by atoms with E-state index >= 15 is 0 Å². The molecule has 92 valence electrons. The smallest absolute Gasteiger partial charge is 0.372 e. The number of carboxylic acid groups (broad SMARTS) is 1. The van der Waals surface area contributed by atoms with E-state index in [2.05, 4.69) is 15.8 Å². The van der Waals surface area contributed by atoms with Crippen LogP contribution in [0.1, 0.15) is 6.92 Å². The molecule has 0 unspecified atom stereocenters. The number of carboxylic acids is 1. The van der Waals surface area contributed by atoms with Crippen LogP contribution >= 0.6 is 23.2 Å². The number of hydrogen-bond acceptors (Lipinski definition) is 3. The van der Waals surface area contributed by atoms with Gasteiger partial charge in [0.05, 0.1) is 10.7 Å². The zero-order chi connectivity index (χ0) is 12.8. The van der Waals surface area contributed by atoms with E-state index in [4.69, 9.17) is 28.3 Å². The maximum atomic E-state index is 10.8. The third-order valence-corrected chi connectivity index (χ3v) is 2.31. The van der Waals surface area contributed by atoms with Gasteiger partial charge >= 0.3 is 5.97 Å². The van der Waals surface area contributed by atoms with Gasteiger partial charge < -0.3 is 5.11 Å². The lowest BCUT2D eigenvalue weighted by Gasteiger charge is -2.10. The number of anilines is 1. The Balaban J connectivity index is 2.72. The summed E-state index contributed by atoms with van der Waals surface area (Å²) >= 11 is 11.6. The van der Waals surface area contributed by atoms with Gasteiger partial charge in [0.15, 0.2) is 0 Å². The molecule has 0 saturated heterocycles. The molecular formula is C10H11Cl2N3O2. The second-order valence-corrected chi connectivity index (χ2v) is 3.85. The summed E-state index contributed by atoms with van der Waals surface area (Å²) in [4.78, 5) is 14.5. The van der Waals surface area contributed by atoms with Gasteiger partial charge in [0, 0.05) is 11.6 Å². The van der Waals surface area contributed by atoms with Crippen molar-refractivity contribution in [2.45, 2.75) is 6.92 Å². The maximum Gasteiger partial charge on any atom is 0.372 e. The molecule has 1 aromatic carbocycles. The Morgan fingerprint density at radius 3 is 2.71 bits per heavy atom. The monoisotopic (exact) mass is 275 g/mol. The van der Waals surface area contributed by atoms with Crippen molar-refractivity contribution in [1.82, 2.24) is 5.43 Å². The molecule has 0 aliphatic heterocycles. The van der Waals surface area contributed by atoms with E-state index in [1.807, 2.05) is 0 Å². The highest BCUT2D eigenvalue weighted by Crippen LogP contribution is 2.24. The van der Waals surface area contributed by atoms with Gasteiger partial charge in [-0.1, -0.05) is 23.2 Å². The van der Waals surface area contributed by atoms with Crippen molar-refractivity contribution in [2.24, 2.45) is 4.99 Å². The minimum atomic E-state index is -1.15. The van der Waals surface area contributed by atoms with Crippen LogP contribution in [0.5, 0.6) is 0 Å². The molecule has 0 heterocycles. The number of aliphatic imine (C=N–C) groups is 1. The predicted octanol–water partition coefficient (Wildman–Crippen LogP) is 2.41. The highest BCUT2D eigenvalue weighted by atomic mass is 35.5. The van der Waals surface area contributed by atoms with Crippen LogP contribution in [0.2, 0.25) is 10.0 Å². The number of hydrazine groups is 1. The zero-order valence-electron chi connectivity index (χ0n) is 9.00. The molecule has 0 atom stereocenters. The Kier molecular flexibility index (Phi) is 5.06. The maximum absolute atomic E-state index is 10.8. The van der Waals surface area contributed by atoms with E-state index in [0.717, 1.165) is 0 Å². The number of benzene rings is 1. The van der Waals surface area contributed by atoms with E-state index in [9.17, 15) is 4.79 Å². The summed E-state index contributed by atoms with van der Waals surface area (Å²) in [5, 5.41) is 9.69. The first kappa shape index (κ1) is 13.6. The van der Waals surface area contributed by atoms with Crippen molar-refractivity contribution < 1.29 is 9.90 Å². The van der Waals surface area contributed by atoms with Crippen molar-refractivity contribution in [3.8, 4) is 0 Å². The van der Waals surface area contributed by atoms with Crippen molar-refractivity contribution in [3.63, 3.8) is 0 Å². The molecule has 5 nitrogen and oxygen atoms in total. The van der Waals surface area contributed by atoms with Gasteiger partial charge in [0.2, 0.25) is 5.84 Å². The molecular weight excluding hydrogens is 265 g/mol. The Labute approximate surface area is 108 Å². The van der Waals surface area contributed by atoms with Crippen LogP contribution in [0.25, 0.3) is 0 Å². The van der Waals surface area contributed by atoms with Crippen LogP contribution in [0, 0.1) is 0 Å². The summed E-state index contributed by atoms with van der Waals surface area (Å²) in [5.74, 6) is -1.33. The van der Waals surface area contributed by atoms with Crippen molar-refractivity contribution in [2.75, 3.05) is 12.0 Å². The lowest BCUT2D eigenvalue weighted by Crippen LogP contribution is -2.35. The summed E-state index contributed by atoms with van der Waals surface area (Å²) in [6.45, 7) is 2.10. The average molecular weight is 276 g/mol. The number of hydrogen-bond donors (Lipinski definition) is 3. The van der Waals surface area contributed by atoms with Crippen LogP contribution in [0.15, 0.2) is 23.2 Å². The lowest BCUT2D eigenvalue weighted by molar-refractivity contribution is -0.129. The third kappa shape index (κ3) is 4.13. The van der Waals surface area contributed by atoms with Crippen LogP contribution in [-0.2, 0) is 4.79 Å². The Hall–Kier alpha value is -1.46. The fourth-order valence-electron chi connectivity index (χ4n) is 1.04. The SMILES string of the molecule is CCN=C(NNc1ccc(Cl)cc1Cl)C(=O)O. The van der Waals surface area contributed by atoms with Crippen LogP contribution in [0.4, 0.5) is 5.69 Å². The van der Waals surface area contributed by atoms with Crippen molar-refractivity contribution in [1.29, 1.82) is 0 Å². The highest BCUT2D eigenvalue weighted by molar-refractivity contribution is 6.37. The van der Waals surface area contributed by atoms with E-state index in [1.54, 1.807) is 25.1 Å². The molecule has 3 N–H and O–H groups in total. The molecule has 0 aliphatic rings. The van der Waals surface area contributed by atoms with Crippen LogP contribution in [-0.4, -0.2) is 23.5 Å². The minimum Gasteiger partial charge on any atom is -0.475 e. The fraction of sp³-hybridized carbons (Fsp3) is 0.200. The normalized spacial score (nSPS) is 11.1. The first-order chi connectivity index (χ1) is 8.04. The summed E-state index contributed by atoms with van der Waals surface area (Å²) in [6, 6.07) is 4.81. The van der Waals surface area contributed by atoms with Crippen molar-refractivity contribution in [3.05, 3.63) is 28.2 Å². The molecule has 7 heteroatoms. The predicted molar refractivity (Wildman–Crippen MR) is 68.8 cm³/mol. The van der Waals surface area contributed by atoms with E-state index in [1.165, 1.54) is 0 Å². The third-order valence-electron chi connectivity index (χ3n) is 1.77. The molecule has 0 fully saturated rings. The Bertz CT molecular complexity index is 449. The quantitative estimate of drug-likeness (QED) is 0.450. The molecule has 0 aromatic heterocycles. The molecule has 0 bridgehead atoms. The Morgan fingerprint density at radius 1 is 1.47 bits per heavy atom. The second kappa shape index (κ2) is 6.32. The van der Waals surface area contributed by atoms with Gasteiger partial charge in [0.1, 0.15) is 0 Å². The topological polar surface area (TPSA) is 73.7 Å². The number of rotatable bonds is 3. The van der Waals surface area contributed by atoms with E-state index in [0.29, 0.717) is 22.3 Å². The number of nitrogens with one attached hydrogen (secondary N) is 2. The fourth-order valence-corrected chi connectivity index (χ4v) is 1.49. The number of nitrogens with zero attached hydrogens (tertiary/aromatic N) is 1. The molecule has 17 heavy (non-hydrogen) atoms. The first-order valence-corrected chi connectivity index (χ1v) is 5.55. The summed E-state index contributed by atoms with van der Waals surface area (Å²) in [5.41, 5.74) is 5.64. The van der Waals surface area contributed by atoms with Crippen LogP contribution < -0.4 is 10.9 Å². The number of carbonyl (C=O) groups is 1. The molecule has 0 radical (unpaired) electrons. The summed E-state index contributed by atoms with van der Waals surface area (Å²) in [7, 11) is 0. The molecule has 1 aromatic rings. The number of aliphatic carboxylic acids is 1. The molecule has 0 amide bonds. The lowest BCUT2D eigenvalue weighted by atomic mass is 10.3. The first-order valence-electron chi connectivity index (χ1n) is 4.79. The number of amidine groups is 1. The summed E-state index contributed by atoms with van der Waals surface area (Å²) in [6.07, 6.45) is 0. The molecule has 0 aliphatic carbocycles. The molecule has 0 spiro atoms. The van der Waals surface area contributed by atoms with Gasteiger partial charge in [-0.2, -0.15) is 0 Å². The summed E-state index contributed by atoms with van der Waals surface area (Å²) < 4.78 is 0. The average Bonchev–Trinajstić information content (AvgIpc) is 2.25. The number of halogens is 2. The molecule has 0 saturated carbocycles. The standard InChI is InChI=1S/C10H11Cl2N3O2/c1-2-13-9(10(16)17)15-14-8-4-3-6(11)5-7(8)12/h3-5,14H,2H2,1H3,(H,13,15)(H,16,17). The largest absolute Gasteiger partial charge is 0.475 e. The van der Waals surface area contributed by atoms with E-state index < -0.39 is 5.97 Å². The Morgan fingerprint density at radius 2 is 2.18 bits per heavy atom. The van der Waals surface area contributed by atoms with Crippen molar-refractivity contribution >= 4 is 40.7 Å². The van der Waals surface area contributed by atoms with Gasteiger partial charge in [-0.3, -0.25) is 15.8 Å².